The van der Waals surface area contributed by atoms with E-state index in [1.807, 2.05) is 54.6 Å². The first-order valence-electron chi connectivity index (χ1n) is 8.73. The first kappa shape index (κ1) is 16.9. The van der Waals surface area contributed by atoms with E-state index in [0.717, 1.165) is 28.4 Å². The molecule has 2 heterocycles. The lowest BCUT2D eigenvalue weighted by molar-refractivity contribution is -0.115. The Kier molecular flexibility index (Phi) is 4.87. The van der Waals surface area contributed by atoms with Gasteiger partial charge < -0.3 is 20.1 Å². The largest absolute Gasteiger partial charge is 0.486 e. The van der Waals surface area contributed by atoms with Gasteiger partial charge in [-0.1, -0.05) is 30.3 Å². The number of rotatable bonds is 5. The van der Waals surface area contributed by atoms with Crippen molar-refractivity contribution in [3.63, 3.8) is 0 Å². The molecule has 3 aromatic rings. The molecule has 1 aliphatic rings. The van der Waals surface area contributed by atoms with Crippen molar-refractivity contribution in [3.05, 3.63) is 72.4 Å². The van der Waals surface area contributed by atoms with Crippen LogP contribution in [0.3, 0.4) is 0 Å². The van der Waals surface area contributed by atoms with Crippen molar-refractivity contribution >= 4 is 23.1 Å². The van der Waals surface area contributed by atoms with Gasteiger partial charge in [-0.3, -0.25) is 4.79 Å². The number of hydrogen-bond acceptors (Lipinski definition) is 5. The van der Waals surface area contributed by atoms with Crippen LogP contribution in [-0.2, 0) is 11.2 Å². The van der Waals surface area contributed by atoms with Gasteiger partial charge in [0, 0.05) is 11.8 Å². The Morgan fingerprint density at radius 2 is 1.70 bits per heavy atom. The third-order valence-electron chi connectivity index (χ3n) is 4.07. The smallest absolute Gasteiger partial charge is 0.229 e. The van der Waals surface area contributed by atoms with E-state index in [4.69, 9.17) is 9.47 Å². The fourth-order valence-electron chi connectivity index (χ4n) is 2.80. The summed E-state index contributed by atoms with van der Waals surface area (Å²) in [5.41, 5.74) is 2.65. The highest BCUT2D eigenvalue weighted by molar-refractivity contribution is 5.91. The summed E-state index contributed by atoms with van der Waals surface area (Å²) in [6.45, 7) is 1.12. The Morgan fingerprint density at radius 1 is 0.926 bits per heavy atom. The molecule has 1 aromatic heterocycles. The molecular formula is C21H19N3O3. The maximum atomic E-state index is 12.1. The fraction of sp³-hybridized carbons (Fsp3) is 0.143. The van der Waals surface area contributed by atoms with Gasteiger partial charge in [-0.15, -0.1) is 0 Å². The molecule has 0 bridgehead atoms. The second kappa shape index (κ2) is 7.78. The molecule has 6 nitrogen and oxygen atoms in total. The van der Waals surface area contributed by atoms with Gasteiger partial charge in [0.25, 0.3) is 0 Å². The summed E-state index contributed by atoms with van der Waals surface area (Å²) in [5.74, 6) is 1.90. The number of hydrogen-bond donors (Lipinski definition) is 2. The third kappa shape index (κ3) is 4.36. The molecule has 0 atom stereocenters. The first-order valence-corrected chi connectivity index (χ1v) is 8.73. The van der Waals surface area contributed by atoms with Gasteiger partial charge in [0.05, 0.1) is 18.3 Å². The zero-order chi connectivity index (χ0) is 18.5. The Bertz CT molecular complexity index is 927. The second-order valence-corrected chi connectivity index (χ2v) is 6.13. The van der Waals surface area contributed by atoms with E-state index in [2.05, 4.69) is 15.6 Å². The van der Waals surface area contributed by atoms with E-state index in [1.54, 1.807) is 12.3 Å². The maximum absolute atomic E-state index is 12.1. The molecule has 0 saturated heterocycles. The Balaban J connectivity index is 1.37. The molecule has 27 heavy (non-hydrogen) atoms. The summed E-state index contributed by atoms with van der Waals surface area (Å²) in [6.07, 6.45) is 1.99. The lowest BCUT2D eigenvalue weighted by atomic mass is 10.1. The van der Waals surface area contributed by atoms with Gasteiger partial charge in [0.2, 0.25) is 5.91 Å². The molecule has 1 aliphatic heterocycles. The highest BCUT2D eigenvalue weighted by Gasteiger charge is 2.12. The van der Waals surface area contributed by atoms with E-state index in [0.29, 0.717) is 25.5 Å². The van der Waals surface area contributed by atoms with E-state index in [-0.39, 0.29) is 5.91 Å². The molecule has 0 spiro atoms. The van der Waals surface area contributed by atoms with Gasteiger partial charge >= 0.3 is 0 Å². The van der Waals surface area contributed by atoms with Crippen LogP contribution in [0.25, 0.3) is 0 Å². The number of amides is 1. The third-order valence-corrected chi connectivity index (χ3v) is 4.07. The van der Waals surface area contributed by atoms with Crippen LogP contribution < -0.4 is 20.1 Å². The molecule has 136 valence electrons. The number of nitrogens with zero attached hydrogens (tertiary/aromatic N) is 1. The molecule has 0 fully saturated rings. The SMILES string of the molecule is O=C(Cc1ccccc1)Nc1ccc(Nc2ccc3c(c2)OCCO3)cn1. The summed E-state index contributed by atoms with van der Waals surface area (Å²) in [6, 6.07) is 18.9. The zero-order valence-corrected chi connectivity index (χ0v) is 14.6. The van der Waals surface area contributed by atoms with Crippen molar-refractivity contribution in [1.82, 2.24) is 4.98 Å². The molecule has 0 aliphatic carbocycles. The van der Waals surface area contributed by atoms with Crippen LogP contribution in [0.2, 0.25) is 0 Å². The Labute approximate surface area is 157 Å². The van der Waals surface area contributed by atoms with Crippen molar-refractivity contribution < 1.29 is 14.3 Å². The summed E-state index contributed by atoms with van der Waals surface area (Å²) in [7, 11) is 0. The highest BCUT2D eigenvalue weighted by atomic mass is 16.6. The van der Waals surface area contributed by atoms with Crippen molar-refractivity contribution in [2.24, 2.45) is 0 Å². The minimum Gasteiger partial charge on any atom is -0.486 e. The molecular weight excluding hydrogens is 342 g/mol. The lowest BCUT2D eigenvalue weighted by Gasteiger charge is -2.19. The molecule has 2 N–H and O–H groups in total. The van der Waals surface area contributed by atoms with Gasteiger partial charge in [-0.05, 0) is 29.8 Å². The van der Waals surface area contributed by atoms with Crippen LogP contribution >= 0.6 is 0 Å². The molecule has 1 amide bonds. The highest BCUT2D eigenvalue weighted by Crippen LogP contribution is 2.33. The predicted molar refractivity (Wildman–Crippen MR) is 104 cm³/mol. The number of anilines is 3. The number of pyridine rings is 1. The number of aromatic nitrogens is 1. The number of benzene rings is 2. The predicted octanol–water partition coefficient (Wildman–Crippen LogP) is 3.78. The maximum Gasteiger partial charge on any atom is 0.229 e. The summed E-state index contributed by atoms with van der Waals surface area (Å²) < 4.78 is 11.1. The number of fused-ring (bicyclic) bond motifs is 1. The van der Waals surface area contributed by atoms with Gasteiger partial charge in [-0.2, -0.15) is 0 Å². The standard InChI is InChI=1S/C21H19N3O3/c25-21(12-15-4-2-1-3-5-15)24-20-9-7-17(14-22-20)23-16-6-8-18-19(13-16)27-11-10-26-18/h1-9,13-14,23H,10-12H2,(H,22,24,25). The zero-order valence-electron chi connectivity index (χ0n) is 14.6. The first-order chi connectivity index (χ1) is 13.3. The van der Waals surface area contributed by atoms with Crippen LogP contribution in [-0.4, -0.2) is 24.1 Å². The van der Waals surface area contributed by atoms with Gasteiger partial charge in [-0.25, -0.2) is 4.98 Å². The van der Waals surface area contributed by atoms with Gasteiger partial charge in [0.15, 0.2) is 11.5 Å². The van der Waals surface area contributed by atoms with Crippen molar-refractivity contribution in [2.45, 2.75) is 6.42 Å². The Morgan fingerprint density at radius 3 is 2.48 bits per heavy atom. The van der Waals surface area contributed by atoms with Crippen LogP contribution in [0.15, 0.2) is 66.9 Å². The van der Waals surface area contributed by atoms with E-state index < -0.39 is 0 Å². The van der Waals surface area contributed by atoms with Crippen molar-refractivity contribution in [2.75, 3.05) is 23.8 Å². The summed E-state index contributed by atoms with van der Waals surface area (Å²) in [4.78, 5) is 16.4. The normalized spacial score (nSPS) is 12.3. The van der Waals surface area contributed by atoms with E-state index in [9.17, 15) is 4.79 Å². The molecule has 4 rings (SSSR count). The quantitative estimate of drug-likeness (QED) is 0.724. The molecule has 0 radical (unpaired) electrons. The molecule has 0 saturated carbocycles. The van der Waals surface area contributed by atoms with Gasteiger partial charge in [0.1, 0.15) is 19.0 Å². The van der Waals surface area contributed by atoms with Crippen LogP contribution in [0.1, 0.15) is 5.56 Å². The minimum atomic E-state index is -0.0961. The minimum absolute atomic E-state index is 0.0961. The number of carbonyl (C=O) groups is 1. The van der Waals surface area contributed by atoms with Crippen LogP contribution in [0.5, 0.6) is 11.5 Å². The monoisotopic (exact) mass is 361 g/mol. The number of nitrogens with one attached hydrogen (secondary N) is 2. The van der Waals surface area contributed by atoms with Crippen molar-refractivity contribution in [1.29, 1.82) is 0 Å². The van der Waals surface area contributed by atoms with E-state index >= 15 is 0 Å². The molecule has 6 heteroatoms. The summed E-state index contributed by atoms with van der Waals surface area (Å²) in [5, 5.41) is 6.07. The number of carbonyl (C=O) groups excluding carboxylic acids is 1. The average Bonchev–Trinajstić information content (AvgIpc) is 2.70. The van der Waals surface area contributed by atoms with Crippen molar-refractivity contribution in [3.8, 4) is 11.5 Å². The second-order valence-electron chi connectivity index (χ2n) is 6.13. The van der Waals surface area contributed by atoms with E-state index in [1.165, 1.54) is 0 Å². The number of ether oxygens (including phenoxy) is 2. The summed E-state index contributed by atoms with van der Waals surface area (Å²) >= 11 is 0. The fourth-order valence-corrected chi connectivity index (χ4v) is 2.80. The Hall–Kier alpha value is -3.54. The average molecular weight is 361 g/mol. The van der Waals surface area contributed by atoms with Crippen LogP contribution in [0, 0.1) is 0 Å². The lowest BCUT2D eigenvalue weighted by Crippen LogP contribution is -2.15. The molecule has 2 aromatic carbocycles. The van der Waals surface area contributed by atoms with Crippen LogP contribution in [0.4, 0.5) is 17.2 Å². The molecule has 0 unspecified atom stereocenters. The topological polar surface area (TPSA) is 72.5 Å².